The van der Waals surface area contributed by atoms with Crippen LogP contribution in [0.5, 0.6) is 17.2 Å². The molecule has 0 amide bonds. The van der Waals surface area contributed by atoms with E-state index in [1.165, 1.54) is 20.4 Å². The quantitative estimate of drug-likeness (QED) is 0.786. The zero-order chi connectivity index (χ0) is 18.1. The van der Waals surface area contributed by atoms with Gasteiger partial charge in [0.25, 0.3) is 5.56 Å². The van der Waals surface area contributed by atoms with Gasteiger partial charge in [0, 0.05) is 6.20 Å². The number of pyridine rings is 1. The maximum Gasteiger partial charge on any atom is 0.255 e. The summed E-state index contributed by atoms with van der Waals surface area (Å²) < 4.78 is 16.0. The highest BCUT2D eigenvalue weighted by Gasteiger charge is 2.33. The summed E-state index contributed by atoms with van der Waals surface area (Å²) in [5.41, 5.74) is 6.78. The van der Waals surface area contributed by atoms with E-state index in [0.717, 1.165) is 0 Å². The van der Waals surface area contributed by atoms with Crippen molar-refractivity contribution in [1.82, 2.24) is 4.98 Å². The van der Waals surface area contributed by atoms with E-state index in [1.54, 1.807) is 18.2 Å². The molecule has 0 saturated carbocycles. The predicted molar refractivity (Wildman–Crippen MR) is 91.3 cm³/mol. The molecule has 3 N–H and O–H groups in total. The predicted octanol–water partition coefficient (Wildman–Crippen LogP) is 0.404. The number of ether oxygens (including phenoxy) is 3. The van der Waals surface area contributed by atoms with Crippen molar-refractivity contribution >= 4 is 13.3 Å². The molecule has 0 saturated heterocycles. The van der Waals surface area contributed by atoms with Crippen molar-refractivity contribution in [2.24, 2.45) is 5.73 Å². The fraction of sp³-hybridized carbons (Fsp3) is 0.176. The summed E-state index contributed by atoms with van der Waals surface area (Å²) in [7, 11) is 8.99. The number of nitriles is 1. The number of fused-ring (bicyclic) bond motifs is 1. The Labute approximate surface area is 145 Å². The highest BCUT2D eigenvalue weighted by Crippen LogP contribution is 2.41. The Morgan fingerprint density at radius 3 is 2.76 bits per heavy atom. The molecule has 2 aromatic rings. The summed E-state index contributed by atoms with van der Waals surface area (Å²) in [6.07, 6.45) is 1.45. The van der Waals surface area contributed by atoms with Crippen LogP contribution in [0.1, 0.15) is 17.0 Å². The molecule has 0 bridgehead atoms. The van der Waals surface area contributed by atoms with Crippen LogP contribution in [0.4, 0.5) is 0 Å². The van der Waals surface area contributed by atoms with Gasteiger partial charge in [-0.05, 0) is 17.7 Å². The van der Waals surface area contributed by atoms with Gasteiger partial charge < -0.3 is 24.9 Å². The van der Waals surface area contributed by atoms with Crippen molar-refractivity contribution in [1.29, 1.82) is 5.26 Å². The molecule has 1 aliphatic rings. The molecular weight excluding hydrogens is 321 g/mol. The van der Waals surface area contributed by atoms with E-state index in [2.05, 4.69) is 4.98 Å². The van der Waals surface area contributed by atoms with Crippen molar-refractivity contribution in [3.05, 3.63) is 57.3 Å². The molecule has 1 atom stereocenters. The lowest BCUT2D eigenvalue weighted by Gasteiger charge is -2.26. The molecule has 0 aliphatic carbocycles. The van der Waals surface area contributed by atoms with E-state index >= 15 is 0 Å². The first-order valence-electron chi connectivity index (χ1n) is 7.32. The van der Waals surface area contributed by atoms with E-state index in [-0.39, 0.29) is 22.6 Å². The molecular formula is C17H14BN3O4. The molecule has 0 fully saturated rings. The lowest BCUT2D eigenvalue weighted by atomic mass is 9.81. The van der Waals surface area contributed by atoms with E-state index in [0.29, 0.717) is 28.3 Å². The van der Waals surface area contributed by atoms with Gasteiger partial charge in [-0.2, -0.15) is 5.26 Å². The van der Waals surface area contributed by atoms with Crippen LogP contribution in [0.25, 0.3) is 0 Å². The fourth-order valence-corrected chi connectivity index (χ4v) is 2.93. The molecule has 8 heteroatoms. The number of hydrogen-bond acceptors (Lipinski definition) is 6. The highest BCUT2D eigenvalue weighted by molar-refractivity contribution is 6.34. The Kier molecular flexibility index (Phi) is 4.15. The largest absolute Gasteiger partial charge is 0.493 e. The summed E-state index contributed by atoms with van der Waals surface area (Å²) in [5.74, 6) is 0.253. The van der Waals surface area contributed by atoms with E-state index in [9.17, 15) is 10.1 Å². The molecule has 1 aliphatic heterocycles. The first-order valence-corrected chi connectivity index (χ1v) is 7.32. The lowest BCUT2D eigenvalue weighted by Crippen LogP contribution is -2.28. The van der Waals surface area contributed by atoms with Gasteiger partial charge in [-0.1, -0.05) is 11.5 Å². The molecule has 0 spiro atoms. The summed E-state index contributed by atoms with van der Waals surface area (Å²) in [6, 6.07) is 6.88. The van der Waals surface area contributed by atoms with Crippen LogP contribution in [0.3, 0.4) is 0 Å². The summed E-state index contributed by atoms with van der Waals surface area (Å²) in [6.45, 7) is 0. The maximum absolute atomic E-state index is 12.4. The van der Waals surface area contributed by atoms with Gasteiger partial charge in [0.15, 0.2) is 11.5 Å². The zero-order valence-electron chi connectivity index (χ0n) is 13.6. The van der Waals surface area contributed by atoms with Gasteiger partial charge in [-0.3, -0.25) is 4.79 Å². The van der Waals surface area contributed by atoms with E-state index in [1.807, 2.05) is 6.07 Å². The number of nitrogens with two attached hydrogens (primary N) is 1. The Morgan fingerprint density at radius 2 is 2.12 bits per heavy atom. The van der Waals surface area contributed by atoms with Crippen molar-refractivity contribution < 1.29 is 14.2 Å². The number of allylic oxidation sites excluding steroid dienone is 1. The average molecular weight is 335 g/mol. The van der Waals surface area contributed by atoms with Gasteiger partial charge >= 0.3 is 0 Å². The van der Waals surface area contributed by atoms with Crippen molar-refractivity contribution in [3.8, 4) is 23.3 Å². The zero-order valence-corrected chi connectivity index (χ0v) is 13.6. The minimum absolute atomic E-state index is 0.0565. The van der Waals surface area contributed by atoms with E-state index < -0.39 is 5.92 Å². The van der Waals surface area contributed by atoms with Crippen LogP contribution in [-0.2, 0) is 0 Å². The van der Waals surface area contributed by atoms with E-state index in [4.69, 9.17) is 27.8 Å². The molecule has 3 rings (SSSR count). The normalized spacial score (nSPS) is 15.8. The molecule has 124 valence electrons. The molecule has 1 aromatic heterocycles. The molecule has 7 nitrogen and oxygen atoms in total. The third-order valence-corrected chi connectivity index (χ3v) is 4.01. The molecule has 2 radical (unpaired) electrons. The Bertz CT molecular complexity index is 975. The second-order valence-corrected chi connectivity index (χ2v) is 5.36. The molecule has 1 aromatic carbocycles. The second-order valence-electron chi connectivity index (χ2n) is 5.36. The first-order chi connectivity index (χ1) is 12.0. The van der Waals surface area contributed by atoms with Crippen LogP contribution < -0.4 is 31.0 Å². The van der Waals surface area contributed by atoms with Crippen LogP contribution in [0, 0.1) is 11.3 Å². The Morgan fingerprint density at radius 1 is 1.36 bits per heavy atom. The minimum atomic E-state index is -0.735. The third-order valence-electron chi connectivity index (χ3n) is 4.01. The molecule has 1 unspecified atom stereocenters. The summed E-state index contributed by atoms with van der Waals surface area (Å²) >= 11 is 0. The number of rotatable bonds is 3. The SMILES string of the molecule is [B]c1cc(C2C(C#N)=C(N)Oc3cc[nH]c(=O)c32)cc(OC)c1OC. The van der Waals surface area contributed by atoms with Gasteiger partial charge in [-0.15, -0.1) is 0 Å². The third kappa shape index (κ3) is 2.60. The van der Waals surface area contributed by atoms with Crippen LogP contribution >= 0.6 is 0 Å². The molecule has 2 heterocycles. The molecule has 25 heavy (non-hydrogen) atoms. The van der Waals surface area contributed by atoms with Crippen LogP contribution in [0.2, 0.25) is 0 Å². The maximum atomic E-state index is 12.4. The van der Waals surface area contributed by atoms with Crippen LogP contribution in [0.15, 0.2) is 40.6 Å². The topological polar surface area (TPSA) is 110 Å². The summed E-state index contributed by atoms with van der Waals surface area (Å²) in [5, 5.41) is 9.54. The lowest BCUT2D eigenvalue weighted by molar-refractivity contribution is 0.356. The summed E-state index contributed by atoms with van der Waals surface area (Å²) in [4.78, 5) is 15.0. The number of aromatic amines is 1. The Balaban J connectivity index is 2.31. The number of aromatic nitrogens is 1. The van der Waals surface area contributed by atoms with Gasteiger partial charge in [0.2, 0.25) is 5.88 Å². The minimum Gasteiger partial charge on any atom is -0.493 e. The number of benzene rings is 1. The van der Waals surface area contributed by atoms with Crippen molar-refractivity contribution in [2.75, 3.05) is 14.2 Å². The number of nitrogens with one attached hydrogen (secondary N) is 1. The average Bonchev–Trinajstić information content (AvgIpc) is 2.60. The monoisotopic (exact) mass is 335 g/mol. The standard InChI is InChI=1S/C17H14BN3O4/c1-23-12-6-8(5-10(18)15(12)24-2)13-9(7-19)16(20)25-11-3-4-21-17(22)14(11)13/h3-6,13H,20H2,1-2H3,(H,21,22). The number of H-pyrrole nitrogens is 1. The van der Waals surface area contributed by atoms with Crippen molar-refractivity contribution in [3.63, 3.8) is 0 Å². The van der Waals surface area contributed by atoms with Gasteiger partial charge in [-0.25, -0.2) is 0 Å². The second kappa shape index (κ2) is 6.28. The smallest absolute Gasteiger partial charge is 0.255 e. The van der Waals surface area contributed by atoms with Gasteiger partial charge in [0.1, 0.15) is 25.2 Å². The first kappa shape index (κ1) is 16.5. The number of hydrogen-bond donors (Lipinski definition) is 2. The number of methoxy groups -OCH3 is 2. The highest BCUT2D eigenvalue weighted by atomic mass is 16.5. The van der Waals surface area contributed by atoms with Crippen LogP contribution in [-0.4, -0.2) is 27.0 Å². The van der Waals surface area contributed by atoms with Gasteiger partial charge in [0.05, 0.1) is 25.7 Å². The fourth-order valence-electron chi connectivity index (χ4n) is 2.93. The van der Waals surface area contributed by atoms with Crippen molar-refractivity contribution in [2.45, 2.75) is 5.92 Å². The number of nitrogens with zero attached hydrogens (tertiary/aromatic N) is 1. The Hall–Kier alpha value is -3.34.